The molecular weight excluding hydrogens is 370 g/mol. The fourth-order valence-corrected chi connectivity index (χ4v) is 4.33. The Balaban J connectivity index is 1.42. The standard InChI is InChI=1S/C21H27N5O3/c27-20(25-10-3-1-2-4-11-25)16-23-12-14-24(15-13-23)19-8-7-18-17(6-5-9-22-18)21(19)26(28)29/h5-9H,1-4,10-16H2. The summed E-state index contributed by atoms with van der Waals surface area (Å²) in [6.07, 6.45) is 6.26. The van der Waals surface area contributed by atoms with Crippen molar-refractivity contribution >= 4 is 28.2 Å². The van der Waals surface area contributed by atoms with Gasteiger partial charge in [0.05, 0.1) is 22.4 Å². The maximum Gasteiger partial charge on any atom is 0.301 e. The van der Waals surface area contributed by atoms with Crippen LogP contribution in [-0.2, 0) is 4.79 Å². The highest BCUT2D eigenvalue weighted by atomic mass is 16.6. The van der Waals surface area contributed by atoms with Crippen molar-refractivity contribution < 1.29 is 9.72 Å². The van der Waals surface area contributed by atoms with Crippen LogP contribution in [-0.4, -0.2) is 71.4 Å². The zero-order valence-corrected chi connectivity index (χ0v) is 16.6. The van der Waals surface area contributed by atoms with Crippen LogP contribution in [0.1, 0.15) is 25.7 Å². The molecule has 2 aliphatic heterocycles. The van der Waals surface area contributed by atoms with Crippen molar-refractivity contribution in [2.45, 2.75) is 25.7 Å². The molecule has 4 rings (SSSR count). The molecule has 8 nitrogen and oxygen atoms in total. The number of carbonyl (C=O) groups excluding carboxylic acids is 1. The van der Waals surface area contributed by atoms with Crippen LogP contribution in [0.25, 0.3) is 10.9 Å². The van der Waals surface area contributed by atoms with Gasteiger partial charge in [0.25, 0.3) is 0 Å². The molecule has 8 heteroatoms. The smallest absolute Gasteiger partial charge is 0.301 e. The minimum atomic E-state index is -0.311. The van der Waals surface area contributed by atoms with Gasteiger partial charge in [0.1, 0.15) is 5.69 Å². The first kappa shape index (κ1) is 19.6. The number of piperazine rings is 1. The number of likely N-dealkylation sites (tertiary alicyclic amines) is 1. The van der Waals surface area contributed by atoms with Crippen molar-refractivity contribution in [2.24, 2.45) is 0 Å². The number of hydrogen-bond donors (Lipinski definition) is 0. The summed E-state index contributed by atoms with van der Waals surface area (Å²) in [5, 5.41) is 12.3. The molecular formula is C21H27N5O3. The highest BCUT2D eigenvalue weighted by molar-refractivity contribution is 5.94. The van der Waals surface area contributed by atoms with Crippen LogP contribution >= 0.6 is 0 Å². The molecule has 1 aromatic heterocycles. The minimum Gasteiger partial charge on any atom is -0.363 e. The van der Waals surface area contributed by atoms with E-state index in [4.69, 9.17) is 0 Å². The van der Waals surface area contributed by atoms with Crippen LogP contribution < -0.4 is 4.90 Å². The number of nitrogens with zero attached hydrogens (tertiary/aromatic N) is 5. The number of carbonyl (C=O) groups is 1. The van der Waals surface area contributed by atoms with E-state index in [1.807, 2.05) is 11.0 Å². The molecule has 0 aliphatic carbocycles. The van der Waals surface area contributed by atoms with Crippen molar-refractivity contribution in [3.05, 3.63) is 40.6 Å². The van der Waals surface area contributed by atoms with Crippen LogP contribution in [0.5, 0.6) is 0 Å². The van der Waals surface area contributed by atoms with Crippen molar-refractivity contribution in [1.82, 2.24) is 14.8 Å². The number of rotatable bonds is 4. The summed E-state index contributed by atoms with van der Waals surface area (Å²) < 4.78 is 0. The normalized spacial score (nSPS) is 18.6. The first-order valence-corrected chi connectivity index (χ1v) is 10.4. The Hall–Kier alpha value is -2.74. The lowest BCUT2D eigenvalue weighted by Crippen LogP contribution is -2.50. The second kappa shape index (κ2) is 8.73. The zero-order chi connectivity index (χ0) is 20.2. The third kappa shape index (κ3) is 4.32. The van der Waals surface area contributed by atoms with E-state index >= 15 is 0 Å². The number of fused-ring (bicyclic) bond motifs is 1. The Bertz CT molecular complexity index is 887. The maximum absolute atomic E-state index is 12.6. The average molecular weight is 397 g/mol. The van der Waals surface area contributed by atoms with Crippen molar-refractivity contribution in [2.75, 3.05) is 50.7 Å². The highest BCUT2D eigenvalue weighted by Crippen LogP contribution is 2.35. The van der Waals surface area contributed by atoms with Crippen LogP contribution in [0.4, 0.5) is 11.4 Å². The van der Waals surface area contributed by atoms with Gasteiger partial charge in [-0.15, -0.1) is 0 Å². The molecule has 0 atom stereocenters. The van der Waals surface area contributed by atoms with Crippen LogP contribution in [0.2, 0.25) is 0 Å². The van der Waals surface area contributed by atoms with Gasteiger partial charge in [0, 0.05) is 45.5 Å². The Labute approximate surface area is 170 Å². The molecule has 0 unspecified atom stereocenters. The lowest BCUT2D eigenvalue weighted by molar-refractivity contribution is -0.382. The molecule has 2 saturated heterocycles. The lowest BCUT2D eigenvalue weighted by Gasteiger charge is -2.36. The van der Waals surface area contributed by atoms with E-state index in [-0.39, 0.29) is 16.5 Å². The third-order valence-electron chi connectivity index (χ3n) is 5.95. The van der Waals surface area contributed by atoms with Gasteiger partial charge in [-0.05, 0) is 37.1 Å². The van der Waals surface area contributed by atoms with E-state index < -0.39 is 0 Å². The number of hydrogen-bond acceptors (Lipinski definition) is 6. The molecule has 0 bridgehead atoms. The number of aromatic nitrogens is 1. The van der Waals surface area contributed by atoms with Crippen LogP contribution in [0, 0.1) is 10.1 Å². The van der Waals surface area contributed by atoms with Crippen molar-refractivity contribution in [3.8, 4) is 0 Å². The van der Waals surface area contributed by atoms with E-state index in [0.717, 1.165) is 39.0 Å². The predicted octanol–water partition coefficient (Wildman–Crippen LogP) is 2.67. The second-order valence-electron chi connectivity index (χ2n) is 7.82. The molecule has 0 N–H and O–H groups in total. The van der Waals surface area contributed by atoms with Gasteiger partial charge in [-0.3, -0.25) is 24.8 Å². The van der Waals surface area contributed by atoms with Gasteiger partial charge in [-0.1, -0.05) is 12.8 Å². The van der Waals surface area contributed by atoms with Crippen molar-refractivity contribution in [1.29, 1.82) is 0 Å². The molecule has 3 heterocycles. The topological polar surface area (TPSA) is 82.8 Å². The number of nitro groups is 1. The molecule has 2 aromatic rings. The summed E-state index contributed by atoms with van der Waals surface area (Å²) >= 11 is 0. The van der Waals surface area contributed by atoms with E-state index in [1.165, 1.54) is 12.8 Å². The maximum atomic E-state index is 12.6. The lowest BCUT2D eigenvalue weighted by atomic mass is 10.1. The summed E-state index contributed by atoms with van der Waals surface area (Å²) in [7, 11) is 0. The first-order chi connectivity index (χ1) is 14.1. The van der Waals surface area contributed by atoms with Gasteiger partial charge >= 0.3 is 5.69 Å². The first-order valence-electron chi connectivity index (χ1n) is 10.4. The van der Waals surface area contributed by atoms with E-state index in [1.54, 1.807) is 24.4 Å². The minimum absolute atomic E-state index is 0.115. The van der Waals surface area contributed by atoms with Gasteiger partial charge in [-0.25, -0.2) is 0 Å². The van der Waals surface area contributed by atoms with Gasteiger partial charge in [0.15, 0.2) is 0 Å². The Morgan fingerprint density at radius 1 is 1.00 bits per heavy atom. The van der Waals surface area contributed by atoms with Crippen LogP contribution in [0.3, 0.4) is 0 Å². The molecule has 1 aromatic carbocycles. The van der Waals surface area contributed by atoms with Gasteiger partial charge < -0.3 is 9.80 Å². The SMILES string of the molecule is O=C(CN1CCN(c2ccc3ncccc3c2[N+](=O)[O-])CC1)N1CCCCCC1. The molecule has 2 fully saturated rings. The Morgan fingerprint density at radius 3 is 2.41 bits per heavy atom. The zero-order valence-electron chi connectivity index (χ0n) is 16.6. The average Bonchev–Trinajstić information content (AvgIpc) is 3.03. The number of nitro benzene ring substituents is 1. The summed E-state index contributed by atoms with van der Waals surface area (Å²) in [5.74, 6) is 0.211. The van der Waals surface area contributed by atoms with Crippen molar-refractivity contribution in [3.63, 3.8) is 0 Å². The van der Waals surface area contributed by atoms with E-state index in [0.29, 0.717) is 36.2 Å². The summed E-state index contributed by atoms with van der Waals surface area (Å²) in [4.78, 5) is 34.6. The number of amides is 1. The van der Waals surface area contributed by atoms with Crippen LogP contribution in [0.15, 0.2) is 30.5 Å². The fourth-order valence-electron chi connectivity index (χ4n) is 4.33. The highest BCUT2D eigenvalue weighted by Gasteiger charge is 2.27. The Morgan fingerprint density at radius 2 is 1.72 bits per heavy atom. The van der Waals surface area contributed by atoms with Gasteiger partial charge in [0.2, 0.25) is 5.91 Å². The molecule has 29 heavy (non-hydrogen) atoms. The predicted molar refractivity (Wildman–Crippen MR) is 112 cm³/mol. The van der Waals surface area contributed by atoms with E-state index in [9.17, 15) is 14.9 Å². The molecule has 154 valence electrons. The second-order valence-corrected chi connectivity index (χ2v) is 7.82. The number of pyridine rings is 1. The fraction of sp³-hybridized carbons (Fsp3) is 0.524. The summed E-state index contributed by atoms with van der Waals surface area (Å²) in [6.45, 7) is 4.97. The largest absolute Gasteiger partial charge is 0.363 e. The Kier molecular flexibility index (Phi) is 5.89. The monoisotopic (exact) mass is 397 g/mol. The number of anilines is 1. The summed E-state index contributed by atoms with van der Waals surface area (Å²) in [5.41, 5.74) is 1.38. The summed E-state index contributed by atoms with van der Waals surface area (Å²) in [6, 6.07) is 7.12. The molecule has 2 aliphatic rings. The molecule has 0 saturated carbocycles. The number of benzene rings is 1. The van der Waals surface area contributed by atoms with Gasteiger partial charge in [-0.2, -0.15) is 0 Å². The molecule has 0 spiro atoms. The quantitative estimate of drug-likeness (QED) is 0.583. The van der Waals surface area contributed by atoms with E-state index in [2.05, 4.69) is 14.8 Å². The molecule has 1 amide bonds. The third-order valence-corrected chi connectivity index (χ3v) is 5.95. The molecule has 0 radical (unpaired) electrons.